The molecule has 0 spiro atoms. The summed E-state index contributed by atoms with van der Waals surface area (Å²) in [5.41, 5.74) is 3.30. The fraction of sp³-hybridized carbons (Fsp3) is 0.318. The van der Waals surface area contributed by atoms with Crippen LogP contribution >= 0.6 is 0 Å². The summed E-state index contributed by atoms with van der Waals surface area (Å²) in [6.07, 6.45) is 4.01. The van der Waals surface area contributed by atoms with Gasteiger partial charge in [0.1, 0.15) is 11.6 Å². The molecule has 3 heterocycles. The number of hydrogen-bond donors (Lipinski definition) is 1. The van der Waals surface area contributed by atoms with Crippen molar-refractivity contribution in [2.75, 3.05) is 27.9 Å². The molecule has 2 aromatic heterocycles. The Balaban J connectivity index is 1.62. The summed E-state index contributed by atoms with van der Waals surface area (Å²) in [6, 6.07) is 7.43. The van der Waals surface area contributed by atoms with Gasteiger partial charge in [0, 0.05) is 54.8 Å². The molecule has 8 heteroatoms. The minimum Gasteiger partial charge on any atom is -0.496 e. The van der Waals surface area contributed by atoms with Crippen molar-refractivity contribution in [3.8, 4) is 28.6 Å². The second-order valence-electron chi connectivity index (χ2n) is 7.06. The van der Waals surface area contributed by atoms with Crippen LogP contribution in [-0.2, 0) is 19.5 Å². The molecule has 30 heavy (non-hydrogen) atoms. The maximum Gasteiger partial charge on any atom is 0.254 e. The summed E-state index contributed by atoms with van der Waals surface area (Å²) in [4.78, 5) is 26.5. The van der Waals surface area contributed by atoms with Gasteiger partial charge in [0.15, 0.2) is 11.5 Å². The van der Waals surface area contributed by atoms with Crippen LogP contribution in [0.5, 0.6) is 17.2 Å². The van der Waals surface area contributed by atoms with Gasteiger partial charge in [-0.05, 0) is 24.6 Å². The third-order valence-corrected chi connectivity index (χ3v) is 5.29. The number of fused-ring (bicyclic) bond motifs is 1. The van der Waals surface area contributed by atoms with Crippen molar-refractivity contribution in [3.63, 3.8) is 0 Å². The van der Waals surface area contributed by atoms with Crippen molar-refractivity contribution in [1.82, 2.24) is 19.9 Å². The summed E-state index contributed by atoms with van der Waals surface area (Å²) in [5, 5.41) is 0. The summed E-state index contributed by atoms with van der Waals surface area (Å²) >= 11 is 0. The van der Waals surface area contributed by atoms with Crippen LogP contribution in [0, 0.1) is 0 Å². The first-order valence-corrected chi connectivity index (χ1v) is 9.66. The minimum absolute atomic E-state index is 0.0739. The number of rotatable bonds is 6. The highest BCUT2D eigenvalue weighted by Crippen LogP contribution is 2.35. The van der Waals surface area contributed by atoms with E-state index in [1.807, 2.05) is 24.3 Å². The SMILES string of the molecule is COc1cc(OC)c(OC)cc1CN1CCc2c(nc(-c3ccncc3)[nH]c2=O)C1. The van der Waals surface area contributed by atoms with Crippen molar-refractivity contribution in [2.24, 2.45) is 0 Å². The second-order valence-corrected chi connectivity index (χ2v) is 7.06. The van der Waals surface area contributed by atoms with E-state index >= 15 is 0 Å². The first kappa shape index (κ1) is 19.9. The van der Waals surface area contributed by atoms with Gasteiger partial charge >= 0.3 is 0 Å². The average Bonchev–Trinajstić information content (AvgIpc) is 2.79. The Morgan fingerprint density at radius 3 is 2.43 bits per heavy atom. The Bertz CT molecular complexity index is 1100. The standard InChI is InChI=1S/C22H24N4O4/c1-28-18-11-20(30-3)19(29-2)10-15(18)12-26-9-6-16-17(13-26)24-21(25-22(16)27)14-4-7-23-8-5-14/h4-5,7-8,10-11H,6,9,12-13H2,1-3H3,(H,24,25,27). The number of aromatic amines is 1. The normalized spacial score (nSPS) is 13.6. The van der Waals surface area contributed by atoms with Gasteiger partial charge in [-0.1, -0.05) is 0 Å². The zero-order valence-electron chi connectivity index (χ0n) is 17.3. The molecule has 1 aromatic carbocycles. The third-order valence-electron chi connectivity index (χ3n) is 5.29. The monoisotopic (exact) mass is 408 g/mol. The Hall–Kier alpha value is -3.39. The van der Waals surface area contributed by atoms with E-state index in [-0.39, 0.29) is 5.56 Å². The highest BCUT2D eigenvalue weighted by molar-refractivity contribution is 5.54. The van der Waals surface area contributed by atoms with E-state index < -0.39 is 0 Å². The fourth-order valence-corrected chi connectivity index (χ4v) is 3.73. The summed E-state index contributed by atoms with van der Waals surface area (Å²) < 4.78 is 16.4. The average molecular weight is 408 g/mol. The van der Waals surface area contributed by atoms with Gasteiger partial charge in [-0.15, -0.1) is 0 Å². The molecular formula is C22H24N4O4. The molecule has 0 fully saturated rings. The van der Waals surface area contributed by atoms with Crippen LogP contribution in [0.1, 0.15) is 16.8 Å². The van der Waals surface area contributed by atoms with Gasteiger partial charge in [0.25, 0.3) is 5.56 Å². The molecule has 0 atom stereocenters. The van der Waals surface area contributed by atoms with Crippen molar-refractivity contribution in [3.05, 3.63) is 63.8 Å². The molecule has 0 amide bonds. The van der Waals surface area contributed by atoms with E-state index in [0.717, 1.165) is 34.7 Å². The quantitative estimate of drug-likeness (QED) is 0.670. The molecule has 1 aliphatic rings. The zero-order chi connectivity index (χ0) is 21.1. The van der Waals surface area contributed by atoms with E-state index in [1.165, 1.54) is 0 Å². The first-order valence-electron chi connectivity index (χ1n) is 9.66. The van der Waals surface area contributed by atoms with Gasteiger partial charge in [-0.3, -0.25) is 14.7 Å². The van der Waals surface area contributed by atoms with E-state index in [4.69, 9.17) is 19.2 Å². The molecule has 0 saturated heterocycles. The van der Waals surface area contributed by atoms with Crippen LogP contribution in [0.2, 0.25) is 0 Å². The predicted molar refractivity (Wildman–Crippen MR) is 112 cm³/mol. The van der Waals surface area contributed by atoms with E-state index in [1.54, 1.807) is 33.7 Å². The molecule has 8 nitrogen and oxygen atoms in total. The lowest BCUT2D eigenvalue weighted by molar-refractivity contribution is 0.236. The van der Waals surface area contributed by atoms with E-state index in [2.05, 4.69) is 14.9 Å². The van der Waals surface area contributed by atoms with Crippen LogP contribution in [0.3, 0.4) is 0 Å². The lowest BCUT2D eigenvalue weighted by Gasteiger charge is -2.28. The van der Waals surface area contributed by atoms with Crippen molar-refractivity contribution in [1.29, 1.82) is 0 Å². The van der Waals surface area contributed by atoms with Gasteiger partial charge < -0.3 is 19.2 Å². The number of pyridine rings is 1. The van der Waals surface area contributed by atoms with Crippen LogP contribution in [-0.4, -0.2) is 47.7 Å². The van der Waals surface area contributed by atoms with Gasteiger partial charge in [0.2, 0.25) is 0 Å². The molecule has 0 radical (unpaired) electrons. The third kappa shape index (κ3) is 3.86. The summed E-state index contributed by atoms with van der Waals surface area (Å²) in [6.45, 7) is 1.97. The number of methoxy groups -OCH3 is 3. The zero-order valence-corrected chi connectivity index (χ0v) is 17.3. The van der Waals surface area contributed by atoms with Crippen LogP contribution in [0.4, 0.5) is 0 Å². The van der Waals surface area contributed by atoms with Crippen LogP contribution in [0.25, 0.3) is 11.4 Å². The smallest absolute Gasteiger partial charge is 0.254 e. The molecule has 1 aliphatic heterocycles. The topological polar surface area (TPSA) is 89.6 Å². The van der Waals surface area contributed by atoms with Gasteiger partial charge in [0.05, 0.1) is 27.0 Å². The summed E-state index contributed by atoms with van der Waals surface area (Å²) in [5.74, 6) is 2.57. The molecule has 0 bridgehead atoms. The summed E-state index contributed by atoms with van der Waals surface area (Å²) in [7, 11) is 4.85. The number of hydrogen-bond acceptors (Lipinski definition) is 7. The number of H-pyrrole nitrogens is 1. The van der Waals surface area contributed by atoms with Crippen LogP contribution in [0.15, 0.2) is 41.5 Å². The van der Waals surface area contributed by atoms with Crippen molar-refractivity contribution >= 4 is 0 Å². The van der Waals surface area contributed by atoms with Gasteiger partial charge in [-0.25, -0.2) is 4.98 Å². The highest BCUT2D eigenvalue weighted by atomic mass is 16.5. The molecule has 3 aromatic rings. The Labute approximate surface area is 174 Å². The molecule has 0 saturated carbocycles. The van der Waals surface area contributed by atoms with Crippen LogP contribution < -0.4 is 19.8 Å². The number of benzene rings is 1. The number of nitrogens with one attached hydrogen (secondary N) is 1. The number of nitrogens with zero attached hydrogens (tertiary/aromatic N) is 3. The second kappa shape index (κ2) is 8.54. The molecule has 4 rings (SSSR count). The number of aromatic nitrogens is 3. The van der Waals surface area contributed by atoms with Gasteiger partial charge in [-0.2, -0.15) is 0 Å². The molecule has 156 valence electrons. The number of ether oxygens (including phenoxy) is 3. The van der Waals surface area contributed by atoms with Crippen molar-refractivity contribution in [2.45, 2.75) is 19.5 Å². The molecule has 0 unspecified atom stereocenters. The first-order chi connectivity index (χ1) is 14.6. The van der Waals surface area contributed by atoms with E-state index in [9.17, 15) is 4.79 Å². The van der Waals surface area contributed by atoms with Crippen molar-refractivity contribution < 1.29 is 14.2 Å². The lowest BCUT2D eigenvalue weighted by Crippen LogP contribution is -2.35. The molecule has 1 N–H and O–H groups in total. The lowest BCUT2D eigenvalue weighted by atomic mass is 10.0. The Morgan fingerprint density at radius 2 is 1.73 bits per heavy atom. The maximum absolute atomic E-state index is 12.6. The predicted octanol–water partition coefficient (Wildman–Crippen LogP) is 2.42. The fourth-order valence-electron chi connectivity index (χ4n) is 3.73. The molecular weight excluding hydrogens is 384 g/mol. The Morgan fingerprint density at radius 1 is 1.03 bits per heavy atom. The highest BCUT2D eigenvalue weighted by Gasteiger charge is 2.23. The largest absolute Gasteiger partial charge is 0.496 e. The molecule has 0 aliphatic carbocycles. The Kier molecular flexibility index (Phi) is 5.67. The minimum atomic E-state index is -0.0739. The maximum atomic E-state index is 12.6. The van der Waals surface area contributed by atoms with E-state index in [0.29, 0.717) is 36.8 Å².